The monoisotopic (exact) mass is 580 g/mol. The fraction of sp³-hybridized carbons (Fsp3) is 0.548. The predicted molar refractivity (Wildman–Crippen MR) is 150 cm³/mol. The number of rotatable bonds is 5. The van der Waals surface area contributed by atoms with Gasteiger partial charge in [0.1, 0.15) is 5.82 Å². The third-order valence-corrected chi connectivity index (χ3v) is 10.4. The molecule has 0 bridgehead atoms. The average Bonchev–Trinajstić information content (AvgIpc) is 3.57. The zero-order valence-corrected chi connectivity index (χ0v) is 23.7. The number of carboxylic acid groups (broad SMARTS) is 1. The summed E-state index contributed by atoms with van der Waals surface area (Å²) in [5.41, 5.74) is 4.21. The molecule has 1 amide bonds. The summed E-state index contributed by atoms with van der Waals surface area (Å²) in [5.74, 6) is -2.33. The Morgan fingerprint density at radius 3 is 2.51 bits per heavy atom. The highest BCUT2D eigenvalue weighted by atomic mass is 35.5. The van der Waals surface area contributed by atoms with Crippen LogP contribution in [0.4, 0.5) is 4.39 Å². The smallest absolute Gasteiger partial charge is 0.306 e. The van der Waals surface area contributed by atoms with E-state index in [4.69, 9.17) is 16.7 Å². The lowest BCUT2D eigenvalue weighted by Gasteiger charge is -2.40. The Morgan fingerprint density at radius 2 is 1.88 bits per heavy atom. The van der Waals surface area contributed by atoms with Crippen LogP contribution in [0, 0.1) is 17.7 Å². The number of likely N-dealkylation sites (tertiary alicyclic amines) is 1. The molecule has 2 aromatic rings. The molecule has 10 heteroatoms. The molecule has 1 saturated carbocycles. The number of carbonyl (C=O) groups is 3. The molecule has 1 aromatic heterocycles. The Kier molecular flexibility index (Phi) is 6.58. The number of aromatic nitrogens is 2. The molecule has 2 N–H and O–H groups in total. The van der Waals surface area contributed by atoms with Crippen molar-refractivity contribution < 1.29 is 23.9 Å². The van der Waals surface area contributed by atoms with Crippen LogP contribution in [0.25, 0.3) is 5.57 Å². The van der Waals surface area contributed by atoms with Gasteiger partial charge >= 0.3 is 5.97 Å². The SMILES string of the molecule is O=C(O)C1CC=C(c2nn(C(=O)c3c(C4CC4)ccc(F)c3Cl)c3c2CCC(C(=O)N2CCC4(CCN4)C2)C3)CC1. The van der Waals surface area contributed by atoms with Crippen molar-refractivity contribution in [3.63, 3.8) is 0 Å². The maximum absolute atomic E-state index is 14.7. The van der Waals surface area contributed by atoms with Gasteiger partial charge in [-0.05, 0) is 87.5 Å². The molecule has 41 heavy (non-hydrogen) atoms. The van der Waals surface area contributed by atoms with Crippen LogP contribution in [0.1, 0.15) is 90.2 Å². The van der Waals surface area contributed by atoms with Gasteiger partial charge in [0.25, 0.3) is 5.91 Å². The number of carbonyl (C=O) groups excluding carboxylic acids is 2. The summed E-state index contributed by atoms with van der Waals surface area (Å²) in [4.78, 5) is 41.4. The Labute approximate surface area is 242 Å². The van der Waals surface area contributed by atoms with Gasteiger partial charge in [-0.1, -0.05) is 23.7 Å². The highest BCUT2D eigenvalue weighted by molar-refractivity contribution is 6.34. The summed E-state index contributed by atoms with van der Waals surface area (Å²) in [5, 5.41) is 17.6. The molecule has 3 aliphatic carbocycles. The van der Waals surface area contributed by atoms with Crippen LogP contribution in [-0.4, -0.2) is 62.7 Å². The average molecular weight is 581 g/mol. The first-order valence-electron chi connectivity index (χ1n) is 14.8. The quantitative estimate of drug-likeness (QED) is 0.536. The zero-order chi connectivity index (χ0) is 28.5. The van der Waals surface area contributed by atoms with Crippen molar-refractivity contribution in [1.29, 1.82) is 0 Å². The Hall–Kier alpha value is -3.04. The third kappa shape index (κ3) is 4.61. The van der Waals surface area contributed by atoms with Crippen LogP contribution in [0.5, 0.6) is 0 Å². The molecule has 2 aliphatic heterocycles. The molecule has 5 aliphatic rings. The molecule has 216 valence electrons. The van der Waals surface area contributed by atoms with E-state index < -0.39 is 23.6 Å². The number of halogens is 2. The second kappa shape index (κ2) is 10.1. The topological polar surface area (TPSA) is 105 Å². The maximum atomic E-state index is 14.7. The van der Waals surface area contributed by atoms with E-state index in [1.807, 2.05) is 11.0 Å². The molecule has 0 radical (unpaired) electrons. The van der Waals surface area contributed by atoms with Crippen molar-refractivity contribution in [2.45, 2.75) is 75.7 Å². The first-order valence-corrected chi connectivity index (χ1v) is 15.2. The molecular weight excluding hydrogens is 547 g/mol. The van der Waals surface area contributed by atoms with Crippen molar-refractivity contribution in [2.24, 2.45) is 11.8 Å². The van der Waals surface area contributed by atoms with E-state index in [2.05, 4.69) is 5.32 Å². The van der Waals surface area contributed by atoms with E-state index in [1.54, 1.807) is 6.07 Å². The van der Waals surface area contributed by atoms with E-state index in [0.717, 1.165) is 62.0 Å². The molecule has 3 atom stereocenters. The second-order valence-corrected chi connectivity index (χ2v) is 12.9. The van der Waals surface area contributed by atoms with Crippen LogP contribution < -0.4 is 5.32 Å². The largest absolute Gasteiger partial charge is 0.481 e. The summed E-state index contributed by atoms with van der Waals surface area (Å²) in [7, 11) is 0. The molecule has 2 saturated heterocycles. The van der Waals surface area contributed by atoms with Gasteiger partial charge in [-0.2, -0.15) is 9.78 Å². The van der Waals surface area contributed by atoms with Gasteiger partial charge in [0.2, 0.25) is 5.91 Å². The number of fused-ring (bicyclic) bond motifs is 1. The lowest BCUT2D eigenvalue weighted by Crippen LogP contribution is -2.58. The molecule has 1 spiro atoms. The third-order valence-electron chi connectivity index (χ3n) is 10.0. The highest BCUT2D eigenvalue weighted by Gasteiger charge is 2.46. The minimum absolute atomic E-state index is 0.0645. The molecule has 3 unspecified atom stereocenters. The molecule has 8 nitrogen and oxygen atoms in total. The van der Waals surface area contributed by atoms with Gasteiger partial charge < -0.3 is 15.3 Å². The number of hydrogen-bond acceptors (Lipinski definition) is 5. The zero-order valence-electron chi connectivity index (χ0n) is 22.9. The first kappa shape index (κ1) is 26.8. The summed E-state index contributed by atoms with van der Waals surface area (Å²) in [6, 6.07) is 2.97. The molecule has 3 heterocycles. The van der Waals surface area contributed by atoms with E-state index in [-0.39, 0.29) is 33.9 Å². The summed E-state index contributed by atoms with van der Waals surface area (Å²) in [6.45, 7) is 2.45. The van der Waals surface area contributed by atoms with Gasteiger partial charge in [-0.25, -0.2) is 4.39 Å². The van der Waals surface area contributed by atoms with Crippen molar-refractivity contribution in [1.82, 2.24) is 20.0 Å². The van der Waals surface area contributed by atoms with Gasteiger partial charge in [-0.3, -0.25) is 14.4 Å². The Morgan fingerprint density at radius 1 is 1.10 bits per heavy atom. The van der Waals surface area contributed by atoms with Gasteiger partial charge in [0.15, 0.2) is 0 Å². The number of carboxylic acids is 1. The van der Waals surface area contributed by atoms with Crippen molar-refractivity contribution in [3.8, 4) is 0 Å². The van der Waals surface area contributed by atoms with Gasteiger partial charge in [0, 0.05) is 36.5 Å². The van der Waals surface area contributed by atoms with Crippen LogP contribution in [-0.2, 0) is 22.4 Å². The van der Waals surface area contributed by atoms with Crippen LogP contribution in [0.15, 0.2) is 18.2 Å². The van der Waals surface area contributed by atoms with Crippen molar-refractivity contribution in [2.75, 3.05) is 19.6 Å². The van der Waals surface area contributed by atoms with Crippen molar-refractivity contribution >= 4 is 35.0 Å². The number of nitrogens with zero attached hydrogens (tertiary/aromatic N) is 3. The second-order valence-electron chi connectivity index (χ2n) is 12.5. The minimum atomic E-state index is -0.807. The van der Waals surface area contributed by atoms with E-state index in [0.29, 0.717) is 49.9 Å². The fourth-order valence-corrected chi connectivity index (χ4v) is 7.54. The standard InChI is InChI=1S/C31H34ClFN4O4/c32-26-23(33)10-9-21(17-1-2-17)25(26)29(39)37-24-15-20(28(38)36-14-12-31(16-36)11-13-34-31)7-8-22(24)27(35-37)18-3-5-19(6-4-18)30(40)41/h3,9-10,17,19-20,34H,1-2,4-8,11-16H2,(H,40,41). The molecule has 7 rings (SSSR count). The Bertz CT molecular complexity index is 1490. The van der Waals surface area contributed by atoms with Crippen LogP contribution in [0.2, 0.25) is 5.02 Å². The highest BCUT2D eigenvalue weighted by Crippen LogP contribution is 2.45. The molecule has 1 aromatic carbocycles. The number of hydrogen-bond donors (Lipinski definition) is 2. The number of nitrogens with one attached hydrogen (secondary N) is 1. The maximum Gasteiger partial charge on any atom is 0.306 e. The number of amides is 1. The molecular formula is C31H34ClFN4O4. The summed E-state index contributed by atoms with van der Waals surface area (Å²) < 4.78 is 16.0. The lowest BCUT2D eigenvalue weighted by atomic mass is 9.82. The fourth-order valence-electron chi connectivity index (χ4n) is 7.29. The number of aliphatic carboxylic acids is 1. The van der Waals surface area contributed by atoms with E-state index in [9.17, 15) is 23.9 Å². The van der Waals surface area contributed by atoms with Gasteiger partial charge in [0.05, 0.1) is 27.9 Å². The van der Waals surface area contributed by atoms with Gasteiger partial charge in [-0.15, -0.1) is 0 Å². The van der Waals surface area contributed by atoms with E-state index in [1.165, 1.54) is 10.7 Å². The normalized spacial score (nSPS) is 27.4. The predicted octanol–water partition coefficient (Wildman–Crippen LogP) is 4.58. The summed E-state index contributed by atoms with van der Waals surface area (Å²) >= 11 is 6.44. The summed E-state index contributed by atoms with van der Waals surface area (Å²) in [6.07, 6.45) is 8.92. The van der Waals surface area contributed by atoms with Crippen molar-refractivity contribution in [3.05, 3.63) is 57.1 Å². The Balaban J connectivity index is 1.25. The number of benzene rings is 1. The minimum Gasteiger partial charge on any atom is -0.481 e. The van der Waals surface area contributed by atoms with Crippen LogP contribution >= 0.6 is 11.6 Å². The lowest BCUT2D eigenvalue weighted by molar-refractivity contribution is -0.142. The first-order chi connectivity index (χ1) is 19.7. The van der Waals surface area contributed by atoms with E-state index >= 15 is 0 Å². The van der Waals surface area contributed by atoms with Crippen LogP contribution in [0.3, 0.4) is 0 Å². The number of allylic oxidation sites excluding steroid dienone is 2. The molecule has 3 fully saturated rings.